The second-order valence-electron chi connectivity index (χ2n) is 9.71. The Kier molecular flexibility index (Phi) is 7.82. The van der Waals surface area contributed by atoms with Crippen molar-refractivity contribution in [1.82, 2.24) is 19.2 Å². The molecule has 0 radical (unpaired) electrons. The number of carbonyl (C=O) groups is 1. The van der Waals surface area contributed by atoms with E-state index in [1.54, 1.807) is 25.3 Å². The Bertz CT molecular complexity index is 1330. The molecule has 8 heteroatoms. The third-order valence-corrected chi connectivity index (χ3v) is 7.32. The van der Waals surface area contributed by atoms with Crippen molar-refractivity contribution in [3.8, 4) is 11.3 Å². The highest BCUT2D eigenvalue weighted by atomic mass is 35.5. The predicted molar refractivity (Wildman–Crippen MR) is 151 cm³/mol. The first kappa shape index (κ1) is 25.4. The number of halogens is 1. The van der Waals surface area contributed by atoms with Crippen LogP contribution in [0, 0.1) is 0 Å². The number of hydrogen-bond donors (Lipinski definition) is 0. The van der Waals surface area contributed by atoms with Crippen molar-refractivity contribution in [2.24, 2.45) is 10.2 Å². The van der Waals surface area contributed by atoms with Crippen molar-refractivity contribution in [2.75, 3.05) is 26.2 Å². The van der Waals surface area contributed by atoms with E-state index in [2.05, 4.69) is 62.1 Å². The molecule has 3 aromatic rings. The van der Waals surface area contributed by atoms with Gasteiger partial charge in [0.25, 0.3) is 0 Å². The zero-order valence-corrected chi connectivity index (χ0v) is 22.2. The van der Waals surface area contributed by atoms with E-state index in [4.69, 9.17) is 16.6 Å². The summed E-state index contributed by atoms with van der Waals surface area (Å²) in [6.45, 7) is 7.56. The molecule has 2 aromatic heterocycles. The molecule has 1 aliphatic carbocycles. The average Bonchev–Trinajstić information content (AvgIpc) is 3.71. The molecule has 0 spiro atoms. The van der Waals surface area contributed by atoms with Gasteiger partial charge in [0.15, 0.2) is 0 Å². The van der Waals surface area contributed by atoms with Crippen LogP contribution in [-0.2, 0) is 11.3 Å². The van der Waals surface area contributed by atoms with Gasteiger partial charge in [-0.05, 0) is 55.9 Å². The second kappa shape index (κ2) is 11.4. The van der Waals surface area contributed by atoms with E-state index in [-0.39, 0.29) is 11.3 Å². The first-order valence-electron chi connectivity index (χ1n) is 13.0. The monoisotopic (exact) mass is 516 g/mol. The van der Waals surface area contributed by atoms with Gasteiger partial charge in [0.05, 0.1) is 16.8 Å². The molecule has 1 saturated carbocycles. The lowest BCUT2D eigenvalue weighted by atomic mass is 10.1. The van der Waals surface area contributed by atoms with Crippen LogP contribution in [0.5, 0.6) is 0 Å². The van der Waals surface area contributed by atoms with E-state index >= 15 is 0 Å². The molecule has 7 nitrogen and oxygen atoms in total. The number of amides is 1. The smallest absolute Gasteiger partial charge is 0.246 e. The second-order valence-corrected chi connectivity index (χ2v) is 10.4. The maximum absolute atomic E-state index is 12.5. The highest BCUT2D eigenvalue weighted by molar-refractivity contribution is 6.20. The van der Waals surface area contributed by atoms with E-state index in [1.807, 2.05) is 11.8 Å². The minimum absolute atomic E-state index is 0.00440. The molecule has 37 heavy (non-hydrogen) atoms. The van der Waals surface area contributed by atoms with Crippen LogP contribution in [0.1, 0.15) is 54.8 Å². The Balaban J connectivity index is 1.35. The summed E-state index contributed by atoms with van der Waals surface area (Å²) in [4.78, 5) is 21.9. The standard InChI is InChI=1S/C29H33ClN6O/c1-3-31-32-14-4-5-28(37)35-17-15-34(16-18-35)20-26-29(24-10-6-22(7-11-24)21(2)30)33-27-13-12-25(19-36(26)27)23-8-9-23/h3-7,10-14,19,21,23H,8-9,15-18,20H2,1-2H3. The molecule has 1 aliphatic heterocycles. The van der Waals surface area contributed by atoms with E-state index in [0.29, 0.717) is 19.0 Å². The summed E-state index contributed by atoms with van der Waals surface area (Å²) in [6, 6.07) is 12.8. The number of imidazole rings is 1. The van der Waals surface area contributed by atoms with Crippen LogP contribution in [0.25, 0.3) is 16.9 Å². The van der Waals surface area contributed by atoms with E-state index in [9.17, 15) is 4.79 Å². The zero-order chi connectivity index (χ0) is 25.8. The third kappa shape index (κ3) is 6.00. The lowest BCUT2D eigenvalue weighted by molar-refractivity contribution is -0.127. The predicted octanol–water partition coefficient (Wildman–Crippen LogP) is 5.46. The summed E-state index contributed by atoms with van der Waals surface area (Å²) < 4.78 is 2.28. The Morgan fingerprint density at radius 3 is 2.54 bits per heavy atom. The topological polar surface area (TPSA) is 65.6 Å². The number of aromatic nitrogens is 2. The molecule has 1 unspecified atom stereocenters. The van der Waals surface area contributed by atoms with Gasteiger partial charge in [0.1, 0.15) is 5.65 Å². The number of alkyl halides is 1. The molecule has 5 rings (SSSR count). The summed E-state index contributed by atoms with van der Waals surface area (Å²) in [6.07, 6.45) is 11.1. The molecule has 192 valence electrons. The van der Waals surface area contributed by atoms with Gasteiger partial charge < -0.3 is 9.30 Å². The van der Waals surface area contributed by atoms with Crippen LogP contribution in [0.3, 0.4) is 0 Å². The molecular formula is C29H33ClN6O. The number of pyridine rings is 1. The molecule has 1 saturated heterocycles. The summed E-state index contributed by atoms with van der Waals surface area (Å²) in [7, 11) is 0. The number of carbonyl (C=O) groups excluding carboxylic acids is 1. The van der Waals surface area contributed by atoms with Gasteiger partial charge in [0.2, 0.25) is 5.91 Å². The van der Waals surface area contributed by atoms with Gasteiger partial charge in [-0.1, -0.05) is 30.3 Å². The fraction of sp³-hybridized carbons (Fsp3) is 0.379. The molecule has 1 atom stereocenters. The van der Waals surface area contributed by atoms with E-state index < -0.39 is 0 Å². The van der Waals surface area contributed by atoms with E-state index in [0.717, 1.165) is 42.1 Å². The summed E-state index contributed by atoms with van der Waals surface area (Å²) in [5.41, 5.74) is 6.76. The Morgan fingerprint density at radius 2 is 1.86 bits per heavy atom. The highest BCUT2D eigenvalue weighted by Crippen LogP contribution is 2.40. The van der Waals surface area contributed by atoms with Gasteiger partial charge in [0, 0.05) is 63.0 Å². The molecule has 3 heterocycles. The summed E-state index contributed by atoms with van der Waals surface area (Å²) in [5.74, 6) is 0.679. The van der Waals surface area contributed by atoms with E-state index in [1.165, 1.54) is 30.3 Å². The van der Waals surface area contributed by atoms with Crippen molar-refractivity contribution in [2.45, 2.75) is 44.5 Å². The fourth-order valence-corrected chi connectivity index (χ4v) is 4.91. The lowest BCUT2D eigenvalue weighted by Gasteiger charge is -2.34. The van der Waals surface area contributed by atoms with Crippen molar-refractivity contribution < 1.29 is 4.79 Å². The normalized spacial score (nSPS) is 18.1. The summed E-state index contributed by atoms with van der Waals surface area (Å²) in [5, 5.41) is 7.55. The van der Waals surface area contributed by atoms with Crippen LogP contribution >= 0.6 is 11.6 Å². The first-order chi connectivity index (χ1) is 18.0. The minimum atomic E-state index is -0.0262. The van der Waals surface area contributed by atoms with Gasteiger partial charge in [-0.25, -0.2) is 4.98 Å². The molecule has 1 aromatic carbocycles. The van der Waals surface area contributed by atoms with Crippen LogP contribution in [-0.4, -0.2) is 63.7 Å². The lowest BCUT2D eigenvalue weighted by Crippen LogP contribution is -2.48. The van der Waals surface area contributed by atoms with Gasteiger partial charge in [-0.3, -0.25) is 9.69 Å². The molecule has 0 bridgehead atoms. The number of allylic oxidation sites excluding steroid dienone is 1. The van der Waals surface area contributed by atoms with Crippen molar-refractivity contribution in [3.05, 3.63) is 71.6 Å². The number of benzene rings is 1. The maximum atomic E-state index is 12.5. The number of piperazine rings is 1. The number of rotatable bonds is 8. The van der Waals surface area contributed by atoms with Crippen LogP contribution in [0.15, 0.2) is 64.9 Å². The Hall–Kier alpha value is -3.29. The van der Waals surface area contributed by atoms with Crippen LogP contribution in [0.2, 0.25) is 0 Å². The SMILES string of the molecule is CC=NN=CC=CC(=O)N1CCN(Cc2c(-c3ccc(C(C)Cl)cc3)nc3ccc(C4CC4)cn23)CC1. The quantitative estimate of drug-likeness (QED) is 0.173. The third-order valence-electron chi connectivity index (χ3n) is 7.06. The largest absolute Gasteiger partial charge is 0.337 e. The fourth-order valence-electron chi connectivity index (χ4n) is 4.77. The Morgan fingerprint density at radius 1 is 1.11 bits per heavy atom. The first-order valence-corrected chi connectivity index (χ1v) is 13.4. The van der Waals surface area contributed by atoms with Gasteiger partial charge in [-0.2, -0.15) is 10.2 Å². The minimum Gasteiger partial charge on any atom is -0.337 e. The van der Waals surface area contributed by atoms with Gasteiger partial charge >= 0.3 is 0 Å². The summed E-state index contributed by atoms with van der Waals surface area (Å²) >= 11 is 6.29. The molecule has 1 amide bonds. The average molecular weight is 517 g/mol. The number of hydrogen-bond acceptors (Lipinski definition) is 5. The molecule has 2 fully saturated rings. The van der Waals surface area contributed by atoms with Gasteiger partial charge in [-0.15, -0.1) is 11.6 Å². The van der Waals surface area contributed by atoms with Crippen molar-refractivity contribution in [3.63, 3.8) is 0 Å². The van der Waals surface area contributed by atoms with Crippen LogP contribution < -0.4 is 0 Å². The number of fused-ring (bicyclic) bond motifs is 1. The number of nitrogens with zero attached hydrogens (tertiary/aromatic N) is 6. The molecule has 2 aliphatic rings. The zero-order valence-electron chi connectivity index (χ0n) is 21.4. The van der Waals surface area contributed by atoms with Crippen molar-refractivity contribution >= 4 is 35.6 Å². The highest BCUT2D eigenvalue weighted by Gasteiger charge is 2.26. The molecular weight excluding hydrogens is 484 g/mol. The Labute approximate surface area is 223 Å². The molecule has 0 N–H and O–H groups in total. The van der Waals surface area contributed by atoms with Crippen LogP contribution in [0.4, 0.5) is 0 Å². The maximum Gasteiger partial charge on any atom is 0.246 e. The van der Waals surface area contributed by atoms with Crippen molar-refractivity contribution in [1.29, 1.82) is 0 Å².